The van der Waals surface area contributed by atoms with Crippen LogP contribution in [0.4, 0.5) is 5.13 Å². The van der Waals surface area contributed by atoms with Gasteiger partial charge >= 0.3 is 0 Å². The maximum atomic E-state index is 13.1. The molecule has 3 heterocycles. The van der Waals surface area contributed by atoms with Crippen LogP contribution < -0.4 is 5.32 Å². The molecule has 1 amide bonds. The van der Waals surface area contributed by atoms with E-state index in [1.165, 1.54) is 21.7 Å². The van der Waals surface area contributed by atoms with E-state index >= 15 is 0 Å². The number of nitrogens with zero attached hydrogens (tertiary/aromatic N) is 4. The van der Waals surface area contributed by atoms with Crippen molar-refractivity contribution >= 4 is 53.6 Å². The first-order valence-corrected chi connectivity index (χ1v) is 12.5. The average Bonchev–Trinajstić information content (AvgIpc) is 3.40. The van der Waals surface area contributed by atoms with Crippen molar-refractivity contribution in [3.8, 4) is 0 Å². The number of nitrogens with one attached hydrogen (secondary N) is 1. The summed E-state index contributed by atoms with van der Waals surface area (Å²) in [4.78, 5) is 17.5. The van der Waals surface area contributed by atoms with Gasteiger partial charge in [0.25, 0.3) is 0 Å². The SMILES string of the molecule is Cc1cc(C)c2nc(NC(=O)C3CCN(S(=O)(=O)c4cccc5nonc45)CC3)sc2c1. The Labute approximate surface area is 188 Å². The smallest absolute Gasteiger partial charge is 0.245 e. The Morgan fingerprint density at radius 1 is 1.16 bits per heavy atom. The van der Waals surface area contributed by atoms with Gasteiger partial charge in [-0.1, -0.05) is 23.5 Å². The van der Waals surface area contributed by atoms with E-state index < -0.39 is 10.0 Å². The van der Waals surface area contributed by atoms with Crippen molar-refractivity contribution in [2.24, 2.45) is 5.92 Å². The van der Waals surface area contributed by atoms with Crippen LogP contribution in [-0.4, -0.2) is 47.0 Å². The number of fused-ring (bicyclic) bond motifs is 2. The Bertz CT molecular complexity index is 1440. The number of piperidine rings is 1. The van der Waals surface area contributed by atoms with E-state index in [1.807, 2.05) is 13.8 Å². The molecule has 0 aliphatic carbocycles. The van der Waals surface area contributed by atoms with Crippen LogP contribution >= 0.6 is 11.3 Å². The number of anilines is 1. The zero-order chi connectivity index (χ0) is 22.5. The highest BCUT2D eigenvalue weighted by Gasteiger charge is 2.34. The Morgan fingerprint density at radius 2 is 1.94 bits per heavy atom. The summed E-state index contributed by atoms with van der Waals surface area (Å²) in [6, 6.07) is 8.88. The summed E-state index contributed by atoms with van der Waals surface area (Å²) in [5.41, 5.74) is 3.73. The standard InChI is InChI=1S/C21H21N5O4S2/c1-12-10-13(2)18-16(11-12)31-21(22-18)23-20(27)14-6-8-26(9-7-14)32(28,29)17-5-3-4-15-19(17)25-30-24-15/h3-5,10-11,14H,6-9H2,1-2H3,(H,22,23,27). The lowest BCUT2D eigenvalue weighted by Crippen LogP contribution is -2.41. The molecular formula is C21H21N5O4S2. The zero-order valence-corrected chi connectivity index (χ0v) is 19.2. The van der Waals surface area contributed by atoms with Gasteiger partial charge in [0.15, 0.2) is 10.6 Å². The molecule has 0 saturated carbocycles. The third kappa shape index (κ3) is 3.65. The fourth-order valence-corrected chi connectivity index (χ4v) is 6.77. The summed E-state index contributed by atoms with van der Waals surface area (Å²) in [6.07, 6.45) is 0.863. The fourth-order valence-electron chi connectivity index (χ4n) is 4.12. The highest BCUT2D eigenvalue weighted by molar-refractivity contribution is 7.89. The van der Waals surface area contributed by atoms with Crippen molar-refractivity contribution in [1.82, 2.24) is 19.6 Å². The number of benzene rings is 2. The predicted molar refractivity (Wildman–Crippen MR) is 121 cm³/mol. The summed E-state index contributed by atoms with van der Waals surface area (Å²) in [5.74, 6) is -0.404. The number of thiazole rings is 1. The van der Waals surface area contributed by atoms with Gasteiger partial charge in [0, 0.05) is 19.0 Å². The Kier molecular flexibility index (Phi) is 5.19. The van der Waals surface area contributed by atoms with Crippen LogP contribution in [0.25, 0.3) is 21.3 Å². The second-order valence-electron chi connectivity index (χ2n) is 8.00. The Hall–Kier alpha value is -2.89. The van der Waals surface area contributed by atoms with Crippen LogP contribution in [0.15, 0.2) is 39.9 Å². The maximum absolute atomic E-state index is 13.1. The van der Waals surface area contributed by atoms with Gasteiger partial charge in [0.2, 0.25) is 15.9 Å². The van der Waals surface area contributed by atoms with Gasteiger partial charge in [-0.3, -0.25) is 4.79 Å². The van der Waals surface area contributed by atoms with E-state index in [-0.39, 0.29) is 35.3 Å². The molecule has 1 aliphatic heterocycles. The van der Waals surface area contributed by atoms with Crippen LogP contribution in [-0.2, 0) is 14.8 Å². The summed E-state index contributed by atoms with van der Waals surface area (Å²) < 4.78 is 33.4. The van der Waals surface area contributed by atoms with Crippen molar-refractivity contribution in [2.75, 3.05) is 18.4 Å². The Morgan fingerprint density at radius 3 is 2.72 bits per heavy atom. The second-order valence-corrected chi connectivity index (χ2v) is 10.9. The first-order valence-electron chi connectivity index (χ1n) is 10.2. The number of hydrogen-bond acceptors (Lipinski definition) is 8. The molecule has 32 heavy (non-hydrogen) atoms. The molecule has 4 aromatic rings. The summed E-state index contributed by atoms with van der Waals surface area (Å²) in [5, 5.41) is 10.9. The lowest BCUT2D eigenvalue weighted by atomic mass is 9.97. The lowest BCUT2D eigenvalue weighted by Gasteiger charge is -2.30. The highest BCUT2D eigenvalue weighted by Crippen LogP contribution is 2.31. The topological polar surface area (TPSA) is 118 Å². The van der Waals surface area contributed by atoms with Gasteiger partial charge in [-0.15, -0.1) is 0 Å². The van der Waals surface area contributed by atoms with Gasteiger partial charge in [-0.2, -0.15) is 4.31 Å². The van der Waals surface area contributed by atoms with Crippen LogP contribution in [0, 0.1) is 19.8 Å². The number of amides is 1. The molecule has 0 unspecified atom stereocenters. The molecule has 0 radical (unpaired) electrons. The minimum atomic E-state index is -3.76. The molecule has 11 heteroatoms. The average molecular weight is 472 g/mol. The largest absolute Gasteiger partial charge is 0.302 e. The first kappa shape index (κ1) is 21.0. The fraction of sp³-hybridized carbons (Fsp3) is 0.333. The van der Waals surface area contributed by atoms with Crippen LogP contribution in [0.5, 0.6) is 0 Å². The van der Waals surface area contributed by atoms with Gasteiger partial charge < -0.3 is 5.32 Å². The third-order valence-electron chi connectivity index (χ3n) is 5.75. The lowest BCUT2D eigenvalue weighted by molar-refractivity contribution is -0.120. The van der Waals surface area contributed by atoms with Crippen molar-refractivity contribution in [3.05, 3.63) is 41.5 Å². The van der Waals surface area contributed by atoms with E-state index in [0.717, 1.165) is 21.3 Å². The molecule has 166 valence electrons. The van der Waals surface area contributed by atoms with Crippen molar-refractivity contribution in [3.63, 3.8) is 0 Å². The molecule has 1 N–H and O–H groups in total. The van der Waals surface area contributed by atoms with E-state index in [0.29, 0.717) is 23.5 Å². The molecule has 0 bridgehead atoms. The number of hydrogen-bond donors (Lipinski definition) is 1. The monoisotopic (exact) mass is 471 g/mol. The zero-order valence-electron chi connectivity index (χ0n) is 17.5. The van der Waals surface area contributed by atoms with Crippen molar-refractivity contribution < 1.29 is 17.8 Å². The second kappa shape index (κ2) is 7.91. The molecule has 0 atom stereocenters. The van der Waals surface area contributed by atoms with E-state index in [1.54, 1.807) is 12.1 Å². The molecule has 5 rings (SSSR count). The molecule has 2 aromatic heterocycles. The molecular weight excluding hydrogens is 450 g/mol. The predicted octanol–water partition coefficient (Wildman–Crippen LogP) is 3.49. The summed E-state index contributed by atoms with van der Waals surface area (Å²) in [7, 11) is -3.76. The molecule has 1 fully saturated rings. The molecule has 2 aromatic carbocycles. The highest BCUT2D eigenvalue weighted by atomic mass is 32.2. The minimum Gasteiger partial charge on any atom is -0.302 e. The van der Waals surface area contributed by atoms with E-state index in [4.69, 9.17) is 0 Å². The maximum Gasteiger partial charge on any atom is 0.245 e. The number of carbonyl (C=O) groups is 1. The Balaban J connectivity index is 1.28. The van der Waals surface area contributed by atoms with Crippen LogP contribution in [0.3, 0.4) is 0 Å². The van der Waals surface area contributed by atoms with Gasteiger partial charge in [-0.25, -0.2) is 18.0 Å². The van der Waals surface area contributed by atoms with Crippen molar-refractivity contribution in [2.45, 2.75) is 31.6 Å². The summed E-state index contributed by atoms with van der Waals surface area (Å²) in [6.45, 7) is 4.54. The van der Waals surface area contributed by atoms with Gasteiger partial charge in [-0.05, 0) is 66.3 Å². The number of rotatable bonds is 4. The molecule has 1 saturated heterocycles. The van der Waals surface area contributed by atoms with E-state index in [2.05, 4.69) is 37.4 Å². The third-order valence-corrected chi connectivity index (χ3v) is 8.60. The van der Waals surface area contributed by atoms with Crippen molar-refractivity contribution in [1.29, 1.82) is 0 Å². The normalized spacial score (nSPS) is 16.1. The first-order chi connectivity index (χ1) is 15.3. The number of carbonyl (C=O) groups excluding carboxylic acids is 1. The number of sulfonamides is 1. The van der Waals surface area contributed by atoms with Gasteiger partial charge in [0.05, 0.1) is 10.2 Å². The molecule has 9 nitrogen and oxygen atoms in total. The minimum absolute atomic E-state index is 0.0688. The van der Waals surface area contributed by atoms with Crippen LogP contribution in [0.2, 0.25) is 0 Å². The van der Waals surface area contributed by atoms with E-state index in [9.17, 15) is 13.2 Å². The molecule has 1 aliphatic rings. The number of aromatic nitrogens is 3. The molecule has 0 spiro atoms. The summed E-state index contributed by atoms with van der Waals surface area (Å²) >= 11 is 1.45. The number of aryl methyl sites for hydroxylation is 2. The quantitative estimate of drug-likeness (QED) is 0.484. The van der Waals surface area contributed by atoms with Gasteiger partial charge in [0.1, 0.15) is 10.4 Å². The van der Waals surface area contributed by atoms with Crippen LogP contribution in [0.1, 0.15) is 24.0 Å².